The van der Waals surface area contributed by atoms with E-state index in [9.17, 15) is 9.59 Å². The summed E-state index contributed by atoms with van der Waals surface area (Å²) in [5, 5.41) is 7.49. The molecule has 4 heterocycles. The predicted octanol–water partition coefficient (Wildman–Crippen LogP) is 1.53. The fraction of sp³-hybridized carbons (Fsp3) is 0.500. The molecule has 2 aromatic rings. The van der Waals surface area contributed by atoms with Crippen LogP contribution in [0.25, 0.3) is 11.0 Å². The van der Waals surface area contributed by atoms with Gasteiger partial charge in [0.2, 0.25) is 0 Å². The third-order valence-electron chi connectivity index (χ3n) is 5.91. The second-order valence-electron chi connectivity index (χ2n) is 7.63. The molecule has 7 heteroatoms. The smallest absolute Gasteiger partial charge is 0.289 e. The van der Waals surface area contributed by atoms with Crippen molar-refractivity contribution in [1.29, 1.82) is 0 Å². The average molecular weight is 369 g/mol. The van der Waals surface area contributed by atoms with Crippen molar-refractivity contribution >= 4 is 22.8 Å². The van der Waals surface area contributed by atoms with Gasteiger partial charge in [0.05, 0.1) is 13.2 Å². The quantitative estimate of drug-likeness (QED) is 0.857. The van der Waals surface area contributed by atoms with Crippen LogP contribution in [0, 0.1) is 0 Å². The van der Waals surface area contributed by atoms with Gasteiger partial charge in [-0.15, -0.1) is 0 Å². The molecule has 0 spiro atoms. The second-order valence-corrected chi connectivity index (χ2v) is 7.63. The lowest BCUT2D eigenvalue weighted by Crippen LogP contribution is -2.42. The number of hydrogen-bond acceptors (Lipinski definition) is 5. The van der Waals surface area contributed by atoms with Gasteiger partial charge in [-0.1, -0.05) is 6.07 Å². The van der Waals surface area contributed by atoms with Crippen LogP contribution in [0.2, 0.25) is 0 Å². The molecule has 0 radical (unpaired) electrons. The van der Waals surface area contributed by atoms with Crippen molar-refractivity contribution in [3.8, 4) is 0 Å². The molecule has 0 unspecified atom stereocenters. The molecule has 3 saturated heterocycles. The van der Waals surface area contributed by atoms with E-state index in [4.69, 9.17) is 9.15 Å². The molecule has 27 heavy (non-hydrogen) atoms. The maximum Gasteiger partial charge on any atom is 0.289 e. The van der Waals surface area contributed by atoms with E-state index in [1.165, 1.54) is 6.42 Å². The number of ether oxygens (including phenoxy) is 1. The van der Waals surface area contributed by atoms with E-state index in [-0.39, 0.29) is 17.9 Å². The van der Waals surface area contributed by atoms with Gasteiger partial charge in [-0.05, 0) is 37.5 Å². The zero-order valence-electron chi connectivity index (χ0n) is 15.1. The summed E-state index contributed by atoms with van der Waals surface area (Å²) in [5.74, 6) is 0.0871. The Kier molecular flexibility index (Phi) is 4.13. The minimum absolute atomic E-state index is 0.0892. The summed E-state index contributed by atoms with van der Waals surface area (Å²) < 4.78 is 11.1. The Morgan fingerprint density at radius 1 is 1.15 bits per heavy atom. The van der Waals surface area contributed by atoms with Crippen LogP contribution in [0.15, 0.2) is 28.7 Å². The van der Waals surface area contributed by atoms with E-state index in [1.54, 1.807) is 23.1 Å². The normalized spacial score (nSPS) is 27.3. The fourth-order valence-electron chi connectivity index (χ4n) is 4.44. The predicted molar refractivity (Wildman–Crippen MR) is 98.8 cm³/mol. The number of fused-ring (bicyclic) bond motifs is 3. The van der Waals surface area contributed by atoms with Crippen molar-refractivity contribution in [2.45, 2.75) is 37.4 Å². The van der Waals surface area contributed by atoms with Crippen LogP contribution in [0.4, 0.5) is 0 Å². The van der Waals surface area contributed by atoms with Gasteiger partial charge in [-0.2, -0.15) is 0 Å². The molecule has 0 aliphatic carbocycles. The zero-order valence-corrected chi connectivity index (χ0v) is 15.1. The van der Waals surface area contributed by atoms with Crippen LogP contribution in [-0.4, -0.2) is 61.1 Å². The van der Waals surface area contributed by atoms with Gasteiger partial charge in [0.25, 0.3) is 11.8 Å². The lowest BCUT2D eigenvalue weighted by Gasteiger charge is -2.25. The van der Waals surface area contributed by atoms with Gasteiger partial charge >= 0.3 is 0 Å². The summed E-state index contributed by atoms with van der Waals surface area (Å²) in [6.45, 7) is 2.24. The van der Waals surface area contributed by atoms with Gasteiger partial charge in [0.1, 0.15) is 5.58 Å². The number of nitrogens with zero attached hydrogens (tertiary/aromatic N) is 1. The first-order valence-corrected chi connectivity index (χ1v) is 9.65. The molecule has 1 aromatic heterocycles. The molecule has 142 valence electrons. The van der Waals surface area contributed by atoms with Crippen molar-refractivity contribution in [3.05, 3.63) is 35.6 Å². The Hall–Kier alpha value is -2.38. The van der Waals surface area contributed by atoms with Crippen molar-refractivity contribution in [3.63, 3.8) is 0 Å². The van der Waals surface area contributed by atoms with Crippen LogP contribution in [0.3, 0.4) is 0 Å². The maximum atomic E-state index is 12.6. The maximum absolute atomic E-state index is 12.6. The molecule has 0 saturated carbocycles. The number of hydrogen-bond donors (Lipinski definition) is 2. The van der Waals surface area contributed by atoms with Crippen LogP contribution in [0.1, 0.15) is 40.2 Å². The Balaban J connectivity index is 1.32. The van der Waals surface area contributed by atoms with Crippen molar-refractivity contribution in [2.75, 3.05) is 26.3 Å². The van der Waals surface area contributed by atoms with E-state index < -0.39 is 0 Å². The highest BCUT2D eigenvalue weighted by Crippen LogP contribution is 2.29. The molecule has 3 fully saturated rings. The first kappa shape index (κ1) is 16.8. The molecule has 3 aliphatic rings. The van der Waals surface area contributed by atoms with Gasteiger partial charge < -0.3 is 24.7 Å². The monoisotopic (exact) mass is 369 g/mol. The highest BCUT2D eigenvalue weighted by molar-refractivity contribution is 6.00. The number of carbonyl (C=O) groups excluding carboxylic acids is 2. The third-order valence-corrected chi connectivity index (χ3v) is 5.91. The molecular weight excluding hydrogens is 346 g/mol. The summed E-state index contributed by atoms with van der Waals surface area (Å²) in [7, 11) is 0. The lowest BCUT2D eigenvalue weighted by atomic mass is 9.95. The molecule has 1 aromatic carbocycles. The van der Waals surface area contributed by atoms with Gasteiger partial charge in [0, 0.05) is 42.2 Å². The summed E-state index contributed by atoms with van der Waals surface area (Å²) in [6, 6.07) is 8.23. The van der Waals surface area contributed by atoms with Crippen LogP contribution >= 0.6 is 0 Å². The summed E-state index contributed by atoms with van der Waals surface area (Å²) in [6.07, 6.45) is 3.33. The minimum Gasteiger partial charge on any atom is -0.451 e. The first-order valence-electron chi connectivity index (χ1n) is 9.65. The van der Waals surface area contributed by atoms with Crippen molar-refractivity contribution in [2.24, 2.45) is 0 Å². The Morgan fingerprint density at radius 3 is 2.74 bits per heavy atom. The Labute approximate surface area is 157 Å². The number of morpholine rings is 1. The number of furan rings is 1. The Morgan fingerprint density at radius 2 is 2.00 bits per heavy atom. The first-order chi connectivity index (χ1) is 13.2. The minimum atomic E-state index is -0.131. The molecule has 3 atom stereocenters. The van der Waals surface area contributed by atoms with Gasteiger partial charge in [-0.25, -0.2) is 0 Å². The van der Waals surface area contributed by atoms with E-state index >= 15 is 0 Å². The number of nitrogens with one attached hydrogen (secondary N) is 2. The summed E-state index contributed by atoms with van der Waals surface area (Å²) >= 11 is 0. The summed E-state index contributed by atoms with van der Waals surface area (Å²) in [5.41, 5.74) is 1.12. The zero-order chi connectivity index (χ0) is 18.4. The van der Waals surface area contributed by atoms with E-state index in [1.807, 2.05) is 6.07 Å². The average Bonchev–Trinajstić information content (AvgIpc) is 3.42. The molecule has 3 aliphatic heterocycles. The van der Waals surface area contributed by atoms with Gasteiger partial charge in [-0.3, -0.25) is 9.59 Å². The van der Waals surface area contributed by atoms with Crippen molar-refractivity contribution < 1.29 is 18.7 Å². The van der Waals surface area contributed by atoms with E-state index in [0.29, 0.717) is 55.3 Å². The van der Waals surface area contributed by atoms with Crippen molar-refractivity contribution in [1.82, 2.24) is 15.5 Å². The molecule has 5 rings (SSSR count). The highest BCUT2D eigenvalue weighted by Gasteiger charge is 2.39. The molecule has 2 bridgehead atoms. The third kappa shape index (κ3) is 3.11. The van der Waals surface area contributed by atoms with Crippen LogP contribution in [0.5, 0.6) is 0 Å². The lowest BCUT2D eigenvalue weighted by molar-refractivity contribution is 0.0284. The van der Waals surface area contributed by atoms with Crippen LogP contribution in [-0.2, 0) is 4.74 Å². The molecular formula is C20H23N3O4. The standard InChI is InChI=1S/C20H23N3O4/c24-19(22-16-11-14-3-4-15(16)21-14)13-2-1-12-9-18(27-17(12)10-13)20(25)23-5-7-26-8-6-23/h1-2,9-10,14-16,21H,3-8,11H2,(H,22,24)/t14-,15+,16-/m1/s1. The number of benzene rings is 1. The number of carbonyl (C=O) groups is 2. The largest absolute Gasteiger partial charge is 0.451 e. The SMILES string of the molecule is O=C(N[C@@H]1C[C@H]2CC[C@@H]1N2)c1ccc2cc(C(=O)N3CCOCC3)oc2c1. The number of amides is 2. The topological polar surface area (TPSA) is 83.8 Å². The van der Waals surface area contributed by atoms with E-state index in [2.05, 4.69) is 10.6 Å². The highest BCUT2D eigenvalue weighted by atomic mass is 16.5. The van der Waals surface area contributed by atoms with Gasteiger partial charge in [0.15, 0.2) is 5.76 Å². The molecule has 7 nitrogen and oxygen atoms in total. The summed E-state index contributed by atoms with van der Waals surface area (Å²) in [4.78, 5) is 27.0. The van der Waals surface area contributed by atoms with E-state index in [0.717, 1.165) is 18.2 Å². The second kappa shape index (κ2) is 6.65. The van der Waals surface area contributed by atoms with Crippen LogP contribution < -0.4 is 10.6 Å². The fourth-order valence-corrected chi connectivity index (χ4v) is 4.44. The molecule has 2 N–H and O–H groups in total. The number of rotatable bonds is 3. The Bertz CT molecular complexity index is 886. The molecule has 2 amide bonds.